The molecule has 27 heavy (non-hydrogen) atoms. The molecule has 6 heteroatoms. The molecule has 2 aromatic carbocycles. The highest BCUT2D eigenvalue weighted by Crippen LogP contribution is 2.33. The lowest BCUT2D eigenvalue weighted by Crippen LogP contribution is -2.36. The molecule has 0 N–H and O–H groups in total. The van der Waals surface area contributed by atoms with E-state index in [9.17, 15) is 9.59 Å². The smallest absolute Gasteiger partial charge is 0.232 e. The fourth-order valence-electron chi connectivity index (χ4n) is 3.85. The molecule has 2 aromatic rings. The quantitative estimate of drug-likeness (QED) is 0.769. The summed E-state index contributed by atoms with van der Waals surface area (Å²) in [5.41, 5.74) is 4.27. The maximum Gasteiger partial charge on any atom is 0.232 e. The van der Waals surface area contributed by atoms with Gasteiger partial charge >= 0.3 is 0 Å². The molecule has 0 bridgehead atoms. The molecule has 2 aliphatic rings. The molecule has 136 valence electrons. The number of fused-ring (bicyclic) bond motifs is 1. The van der Waals surface area contributed by atoms with Crippen LogP contribution < -0.4 is 9.80 Å². The maximum absolute atomic E-state index is 13.1. The molecule has 2 amide bonds. The summed E-state index contributed by atoms with van der Waals surface area (Å²) in [6, 6.07) is 15.0. The van der Waals surface area contributed by atoms with Crippen LogP contribution in [0.3, 0.4) is 0 Å². The number of nitrogens with zero attached hydrogens (tertiary/aromatic N) is 3. The molecular weight excluding hydrogens is 362 g/mol. The van der Waals surface area contributed by atoms with Gasteiger partial charge in [-0.05, 0) is 41.8 Å². The highest BCUT2D eigenvalue weighted by Gasteiger charge is 2.39. The highest BCUT2D eigenvalue weighted by molar-refractivity contribution is 6.17. The van der Waals surface area contributed by atoms with Crippen molar-refractivity contribution in [1.29, 1.82) is 5.26 Å². The Morgan fingerprint density at radius 1 is 1.26 bits per heavy atom. The van der Waals surface area contributed by atoms with Crippen LogP contribution in [-0.4, -0.2) is 24.9 Å². The van der Waals surface area contributed by atoms with Crippen LogP contribution in [-0.2, 0) is 21.9 Å². The summed E-state index contributed by atoms with van der Waals surface area (Å²) < 4.78 is 0. The predicted octanol–water partition coefficient (Wildman–Crippen LogP) is 3.24. The first-order valence-corrected chi connectivity index (χ1v) is 9.44. The van der Waals surface area contributed by atoms with E-state index < -0.39 is 0 Å². The first-order valence-electron chi connectivity index (χ1n) is 8.90. The minimum Gasteiger partial charge on any atom is -0.312 e. The van der Waals surface area contributed by atoms with Crippen LogP contribution in [0.1, 0.15) is 23.1 Å². The Labute approximate surface area is 162 Å². The van der Waals surface area contributed by atoms with Gasteiger partial charge in [-0.2, -0.15) is 5.26 Å². The molecule has 0 saturated carbocycles. The van der Waals surface area contributed by atoms with Crippen molar-refractivity contribution in [2.75, 3.05) is 22.9 Å². The molecule has 0 unspecified atom stereocenters. The number of amides is 2. The number of halogens is 1. The van der Waals surface area contributed by atoms with E-state index in [1.54, 1.807) is 34.1 Å². The van der Waals surface area contributed by atoms with Crippen molar-refractivity contribution >= 4 is 34.8 Å². The van der Waals surface area contributed by atoms with Gasteiger partial charge in [-0.15, -0.1) is 11.6 Å². The first kappa shape index (κ1) is 17.6. The number of nitriles is 1. The van der Waals surface area contributed by atoms with Crippen LogP contribution in [0.15, 0.2) is 42.5 Å². The number of anilines is 2. The summed E-state index contributed by atoms with van der Waals surface area (Å²) >= 11 is 5.90. The van der Waals surface area contributed by atoms with Gasteiger partial charge in [-0.25, -0.2) is 0 Å². The number of rotatable bonds is 3. The second kappa shape index (κ2) is 7.05. The molecule has 5 nitrogen and oxygen atoms in total. The van der Waals surface area contributed by atoms with E-state index in [0.717, 1.165) is 23.2 Å². The van der Waals surface area contributed by atoms with Crippen molar-refractivity contribution in [3.05, 3.63) is 59.2 Å². The van der Waals surface area contributed by atoms with E-state index in [4.69, 9.17) is 16.9 Å². The second-order valence-corrected chi connectivity index (χ2v) is 7.17. The normalized spacial score (nSPS) is 18.5. The fourth-order valence-corrected chi connectivity index (χ4v) is 4.02. The third-order valence-corrected chi connectivity index (χ3v) is 5.53. The Balaban J connectivity index is 1.53. The SMILES string of the molecule is N#Cc1cccc(N2C[C@@H](C(=O)N3CCc4cc(CCl)ccc43)CC2=O)c1. The van der Waals surface area contributed by atoms with Crippen LogP contribution in [0.2, 0.25) is 0 Å². The Bertz CT molecular complexity index is 966. The van der Waals surface area contributed by atoms with Crippen molar-refractivity contribution in [3.63, 3.8) is 0 Å². The van der Waals surface area contributed by atoms with E-state index in [-0.39, 0.29) is 24.2 Å². The van der Waals surface area contributed by atoms with Gasteiger partial charge in [0.05, 0.1) is 17.6 Å². The number of benzene rings is 2. The molecule has 0 aromatic heterocycles. The molecule has 0 spiro atoms. The van der Waals surface area contributed by atoms with Gasteiger partial charge in [0.15, 0.2) is 0 Å². The van der Waals surface area contributed by atoms with E-state index in [0.29, 0.717) is 30.2 Å². The summed E-state index contributed by atoms with van der Waals surface area (Å²) in [4.78, 5) is 29.0. The van der Waals surface area contributed by atoms with Gasteiger partial charge in [0.1, 0.15) is 0 Å². The number of carbonyl (C=O) groups is 2. The van der Waals surface area contributed by atoms with Crippen LogP contribution in [0.25, 0.3) is 0 Å². The van der Waals surface area contributed by atoms with Crippen LogP contribution >= 0.6 is 11.6 Å². The van der Waals surface area contributed by atoms with E-state index >= 15 is 0 Å². The third-order valence-electron chi connectivity index (χ3n) is 5.22. The zero-order valence-corrected chi connectivity index (χ0v) is 15.4. The molecule has 4 rings (SSSR count). The fraction of sp³-hybridized carbons (Fsp3) is 0.286. The predicted molar refractivity (Wildman–Crippen MR) is 104 cm³/mol. The average Bonchev–Trinajstić information content (AvgIpc) is 3.30. The molecule has 2 aliphatic heterocycles. The summed E-state index contributed by atoms with van der Waals surface area (Å²) in [5, 5.41) is 9.06. The van der Waals surface area contributed by atoms with Crippen LogP contribution in [0.5, 0.6) is 0 Å². The van der Waals surface area contributed by atoms with E-state index in [1.165, 1.54) is 0 Å². The zero-order valence-electron chi connectivity index (χ0n) is 14.7. The molecule has 1 saturated heterocycles. The van der Waals surface area contributed by atoms with Gasteiger partial charge in [-0.1, -0.05) is 18.2 Å². The summed E-state index contributed by atoms with van der Waals surface area (Å²) in [6.07, 6.45) is 1.00. The van der Waals surface area contributed by atoms with Crippen LogP contribution in [0.4, 0.5) is 11.4 Å². The molecule has 0 radical (unpaired) electrons. The van der Waals surface area contributed by atoms with Gasteiger partial charge < -0.3 is 9.80 Å². The van der Waals surface area contributed by atoms with Crippen molar-refractivity contribution in [3.8, 4) is 6.07 Å². The molecule has 2 heterocycles. The van der Waals surface area contributed by atoms with Gasteiger partial charge in [-0.3, -0.25) is 9.59 Å². The van der Waals surface area contributed by atoms with Crippen molar-refractivity contribution in [2.45, 2.75) is 18.7 Å². The molecule has 1 atom stereocenters. The number of carbonyl (C=O) groups excluding carboxylic acids is 2. The Kier molecular flexibility index (Phi) is 4.59. The summed E-state index contributed by atoms with van der Waals surface area (Å²) in [5.74, 6) is -0.0170. The first-order chi connectivity index (χ1) is 13.1. The minimum atomic E-state index is -0.373. The Morgan fingerprint density at radius 3 is 2.89 bits per heavy atom. The van der Waals surface area contributed by atoms with Crippen LogP contribution in [0, 0.1) is 17.2 Å². The van der Waals surface area contributed by atoms with Gasteiger partial charge in [0.25, 0.3) is 0 Å². The Morgan fingerprint density at radius 2 is 2.11 bits per heavy atom. The number of alkyl halides is 1. The monoisotopic (exact) mass is 379 g/mol. The van der Waals surface area contributed by atoms with Crippen molar-refractivity contribution in [1.82, 2.24) is 0 Å². The number of hydrogen-bond acceptors (Lipinski definition) is 3. The standard InChI is InChI=1S/C21H18ClN3O2/c22-11-14-4-5-19-16(8-14)6-7-24(19)21(27)17-10-20(26)25(13-17)18-3-1-2-15(9-18)12-23/h1-5,8-9,17H,6-7,10-11,13H2/t17-/m0/s1. The lowest BCUT2D eigenvalue weighted by molar-refractivity contribution is -0.124. The Hall–Kier alpha value is -2.84. The third kappa shape index (κ3) is 3.17. The maximum atomic E-state index is 13.1. The molecule has 0 aliphatic carbocycles. The molecular formula is C21H18ClN3O2. The highest BCUT2D eigenvalue weighted by atomic mass is 35.5. The molecule has 1 fully saturated rings. The number of hydrogen-bond donors (Lipinski definition) is 0. The average molecular weight is 380 g/mol. The lowest BCUT2D eigenvalue weighted by Gasteiger charge is -2.22. The zero-order chi connectivity index (χ0) is 19.0. The van der Waals surface area contributed by atoms with Crippen molar-refractivity contribution < 1.29 is 9.59 Å². The van der Waals surface area contributed by atoms with E-state index in [2.05, 4.69) is 12.1 Å². The van der Waals surface area contributed by atoms with Gasteiger partial charge in [0.2, 0.25) is 11.8 Å². The minimum absolute atomic E-state index is 0.0142. The summed E-state index contributed by atoms with van der Waals surface area (Å²) in [6.45, 7) is 0.979. The summed E-state index contributed by atoms with van der Waals surface area (Å²) in [7, 11) is 0. The van der Waals surface area contributed by atoms with E-state index in [1.807, 2.05) is 12.1 Å². The lowest BCUT2D eigenvalue weighted by atomic mass is 10.1. The largest absolute Gasteiger partial charge is 0.312 e. The second-order valence-electron chi connectivity index (χ2n) is 6.90. The topological polar surface area (TPSA) is 64.4 Å². The van der Waals surface area contributed by atoms with Crippen molar-refractivity contribution in [2.24, 2.45) is 5.92 Å². The van der Waals surface area contributed by atoms with Gasteiger partial charge in [0, 0.05) is 36.8 Å².